The lowest BCUT2D eigenvalue weighted by atomic mass is 10.4. The van der Waals surface area contributed by atoms with E-state index in [0.29, 0.717) is 0 Å². The Hall–Kier alpha value is -0.860. The van der Waals surface area contributed by atoms with Crippen LogP contribution in [0, 0.1) is 0 Å². The molecular weight excluding hydrogens is 102 g/mol. The summed E-state index contributed by atoms with van der Waals surface area (Å²) in [5, 5.41) is 4.00. The SMILES string of the molecule is c1nc2n(n1)CCC2. The van der Waals surface area contributed by atoms with Crippen molar-refractivity contribution in [1.82, 2.24) is 14.8 Å². The van der Waals surface area contributed by atoms with Gasteiger partial charge in [0.15, 0.2) is 0 Å². The minimum Gasteiger partial charge on any atom is -0.250 e. The van der Waals surface area contributed by atoms with Crippen LogP contribution in [0.25, 0.3) is 0 Å². The van der Waals surface area contributed by atoms with E-state index < -0.39 is 0 Å². The molecule has 0 saturated heterocycles. The van der Waals surface area contributed by atoms with Crippen molar-refractivity contribution in [3.63, 3.8) is 0 Å². The van der Waals surface area contributed by atoms with Gasteiger partial charge >= 0.3 is 0 Å². The Labute approximate surface area is 47.3 Å². The van der Waals surface area contributed by atoms with Crippen molar-refractivity contribution in [2.24, 2.45) is 0 Å². The normalized spacial score (nSPS) is 16.5. The van der Waals surface area contributed by atoms with Crippen molar-refractivity contribution >= 4 is 0 Å². The summed E-state index contributed by atoms with van der Waals surface area (Å²) in [6.45, 7) is 1.06. The van der Waals surface area contributed by atoms with Gasteiger partial charge < -0.3 is 0 Å². The number of fused-ring (bicyclic) bond motifs is 1. The molecule has 1 aliphatic heterocycles. The maximum atomic E-state index is 4.05. The Kier molecular flexibility index (Phi) is 0.664. The van der Waals surface area contributed by atoms with Gasteiger partial charge in [0.1, 0.15) is 12.2 Å². The number of aryl methyl sites for hydroxylation is 2. The van der Waals surface area contributed by atoms with Crippen LogP contribution in [-0.4, -0.2) is 14.8 Å². The number of aromatic nitrogens is 3. The molecule has 0 N–H and O–H groups in total. The maximum Gasteiger partial charge on any atom is 0.138 e. The first kappa shape index (κ1) is 4.06. The summed E-state index contributed by atoms with van der Waals surface area (Å²) in [6, 6.07) is 0. The number of rotatable bonds is 0. The van der Waals surface area contributed by atoms with E-state index in [1.54, 1.807) is 6.33 Å². The fraction of sp³-hybridized carbons (Fsp3) is 0.600. The molecular formula is C5H7N3. The highest BCUT2D eigenvalue weighted by Crippen LogP contribution is 2.07. The second kappa shape index (κ2) is 1.31. The molecule has 0 spiro atoms. The van der Waals surface area contributed by atoms with Crippen molar-refractivity contribution in [3.8, 4) is 0 Å². The Morgan fingerprint density at radius 1 is 1.62 bits per heavy atom. The average Bonchev–Trinajstić information content (AvgIpc) is 2.15. The molecule has 0 saturated carbocycles. The second-order valence-corrected chi connectivity index (χ2v) is 2.00. The molecule has 0 atom stereocenters. The highest BCUT2D eigenvalue weighted by atomic mass is 15.3. The van der Waals surface area contributed by atoms with E-state index in [1.807, 2.05) is 4.68 Å². The van der Waals surface area contributed by atoms with Crippen LogP contribution in [-0.2, 0) is 13.0 Å². The number of hydrogen-bond acceptors (Lipinski definition) is 2. The first-order valence-electron chi connectivity index (χ1n) is 2.83. The predicted octanol–water partition coefficient (Wildman–Crippen LogP) is 0.224. The van der Waals surface area contributed by atoms with Gasteiger partial charge in [-0.25, -0.2) is 4.98 Å². The first-order chi connectivity index (χ1) is 3.97. The van der Waals surface area contributed by atoms with E-state index in [9.17, 15) is 0 Å². The van der Waals surface area contributed by atoms with Gasteiger partial charge in [0.2, 0.25) is 0 Å². The Morgan fingerprint density at radius 3 is 3.50 bits per heavy atom. The van der Waals surface area contributed by atoms with Crippen molar-refractivity contribution in [1.29, 1.82) is 0 Å². The van der Waals surface area contributed by atoms with E-state index in [2.05, 4.69) is 10.1 Å². The van der Waals surface area contributed by atoms with Crippen LogP contribution in [0.2, 0.25) is 0 Å². The molecule has 2 rings (SSSR count). The van der Waals surface area contributed by atoms with Crippen LogP contribution in [0.3, 0.4) is 0 Å². The molecule has 2 heterocycles. The second-order valence-electron chi connectivity index (χ2n) is 2.00. The monoisotopic (exact) mass is 109 g/mol. The van der Waals surface area contributed by atoms with Crippen LogP contribution in [0.5, 0.6) is 0 Å². The van der Waals surface area contributed by atoms with E-state index in [-0.39, 0.29) is 0 Å². The summed E-state index contributed by atoms with van der Waals surface area (Å²) in [5.74, 6) is 1.14. The van der Waals surface area contributed by atoms with Gasteiger partial charge in [-0.2, -0.15) is 5.10 Å². The van der Waals surface area contributed by atoms with E-state index in [4.69, 9.17) is 0 Å². The van der Waals surface area contributed by atoms with Crippen LogP contribution in [0.1, 0.15) is 12.2 Å². The molecule has 0 aliphatic carbocycles. The number of hydrogen-bond donors (Lipinski definition) is 0. The summed E-state index contributed by atoms with van der Waals surface area (Å²) in [5.41, 5.74) is 0. The zero-order valence-corrected chi connectivity index (χ0v) is 4.54. The van der Waals surface area contributed by atoms with Gasteiger partial charge in [0, 0.05) is 13.0 Å². The molecule has 0 amide bonds. The van der Waals surface area contributed by atoms with E-state index in [1.165, 1.54) is 6.42 Å². The number of nitrogens with zero attached hydrogens (tertiary/aromatic N) is 3. The zero-order valence-electron chi connectivity index (χ0n) is 4.54. The largest absolute Gasteiger partial charge is 0.250 e. The van der Waals surface area contributed by atoms with Gasteiger partial charge in [-0.1, -0.05) is 0 Å². The lowest BCUT2D eigenvalue weighted by Gasteiger charge is -1.85. The molecule has 8 heavy (non-hydrogen) atoms. The highest BCUT2D eigenvalue weighted by molar-refractivity contribution is 4.88. The lowest BCUT2D eigenvalue weighted by molar-refractivity contribution is 0.656. The lowest BCUT2D eigenvalue weighted by Crippen LogP contribution is -1.92. The van der Waals surface area contributed by atoms with Crippen LogP contribution < -0.4 is 0 Å². The van der Waals surface area contributed by atoms with Crippen molar-refractivity contribution in [3.05, 3.63) is 12.2 Å². The van der Waals surface area contributed by atoms with Crippen LogP contribution in [0.15, 0.2) is 6.33 Å². The third-order valence-corrected chi connectivity index (χ3v) is 1.47. The Bertz CT molecular complexity index is 173. The smallest absolute Gasteiger partial charge is 0.138 e. The molecule has 1 aromatic heterocycles. The summed E-state index contributed by atoms with van der Waals surface area (Å²) in [7, 11) is 0. The third-order valence-electron chi connectivity index (χ3n) is 1.47. The molecule has 0 aromatic carbocycles. The topological polar surface area (TPSA) is 30.7 Å². The summed E-state index contributed by atoms with van der Waals surface area (Å²) in [6.07, 6.45) is 3.95. The quantitative estimate of drug-likeness (QED) is 0.477. The Balaban J connectivity index is 2.54. The molecule has 0 fully saturated rings. The van der Waals surface area contributed by atoms with Gasteiger partial charge in [0.25, 0.3) is 0 Å². The average molecular weight is 109 g/mol. The zero-order chi connectivity index (χ0) is 5.40. The van der Waals surface area contributed by atoms with Crippen LogP contribution in [0.4, 0.5) is 0 Å². The fourth-order valence-corrected chi connectivity index (χ4v) is 1.06. The fourth-order valence-electron chi connectivity index (χ4n) is 1.06. The molecule has 0 unspecified atom stereocenters. The van der Waals surface area contributed by atoms with Gasteiger partial charge in [-0.05, 0) is 6.42 Å². The minimum atomic E-state index is 1.06. The van der Waals surface area contributed by atoms with Gasteiger partial charge in [0.05, 0.1) is 0 Å². The van der Waals surface area contributed by atoms with E-state index in [0.717, 1.165) is 18.8 Å². The molecule has 0 bridgehead atoms. The molecule has 3 nitrogen and oxygen atoms in total. The van der Waals surface area contributed by atoms with Crippen molar-refractivity contribution in [2.45, 2.75) is 19.4 Å². The summed E-state index contributed by atoms with van der Waals surface area (Å²) in [4.78, 5) is 4.05. The summed E-state index contributed by atoms with van der Waals surface area (Å²) >= 11 is 0. The minimum absolute atomic E-state index is 1.06. The standard InChI is InChI=1S/C5H7N3/c1-2-5-6-4-7-8(5)3-1/h4H,1-3H2. The van der Waals surface area contributed by atoms with Crippen molar-refractivity contribution < 1.29 is 0 Å². The highest BCUT2D eigenvalue weighted by Gasteiger charge is 2.09. The molecule has 3 heteroatoms. The molecule has 0 radical (unpaired) electrons. The third kappa shape index (κ3) is 0.384. The van der Waals surface area contributed by atoms with Crippen LogP contribution >= 0.6 is 0 Å². The Morgan fingerprint density at radius 2 is 2.62 bits per heavy atom. The molecule has 1 aromatic rings. The van der Waals surface area contributed by atoms with E-state index >= 15 is 0 Å². The predicted molar refractivity (Wildman–Crippen MR) is 28.3 cm³/mol. The van der Waals surface area contributed by atoms with Gasteiger partial charge in [-0.15, -0.1) is 0 Å². The summed E-state index contributed by atoms with van der Waals surface area (Å²) < 4.78 is 1.96. The molecule has 42 valence electrons. The van der Waals surface area contributed by atoms with Crippen molar-refractivity contribution in [2.75, 3.05) is 0 Å². The van der Waals surface area contributed by atoms with Gasteiger partial charge in [-0.3, -0.25) is 4.68 Å². The maximum absolute atomic E-state index is 4.05. The first-order valence-corrected chi connectivity index (χ1v) is 2.83. The molecule has 1 aliphatic rings.